The van der Waals surface area contributed by atoms with Gasteiger partial charge in [-0.1, -0.05) is 30.3 Å². The van der Waals surface area contributed by atoms with E-state index in [9.17, 15) is 15.2 Å². The van der Waals surface area contributed by atoms with E-state index in [1.54, 1.807) is 6.07 Å². The van der Waals surface area contributed by atoms with E-state index < -0.39 is 5.91 Å². The van der Waals surface area contributed by atoms with Crippen LogP contribution in [0.1, 0.15) is 17.5 Å². The fourth-order valence-electron chi connectivity index (χ4n) is 2.41. The predicted molar refractivity (Wildman–Crippen MR) is 111 cm³/mol. The summed E-state index contributed by atoms with van der Waals surface area (Å²) >= 11 is 6.60. The highest BCUT2D eigenvalue weighted by Crippen LogP contribution is 2.42. The van der Waals surface area contributed by atoms with Crippen molar-refractivity contribution in [3.63, 3.8) is 0 Å². The maximum Gasteiger partial charge on any atom is 0.261 e. The quantitative estimate of drug-likeness (QED) is 0.336. The smallest absolute Gasteiger partial charge is 0.261 e. The lowest BCUT2D eigenvalue weighted by Crippen LogP contribution is -2.25. The van der Waals surface area contributed by atoms with E-state index in [1.807, 2.05) is 36.4 Å². The van der Waals surface area contributed by atoms with Crippen molar-refractivity contribution in [3.05, 3.63) is 62.0 Å². The first-order valence-corrected chi connectivity index (χ1v) is 9.75. The van der Waals surface area contributed by atoms with Crippen LogP contribution >= 0.6 is 31.9 Å². The van der Waals surface area contributed by atoms with Gasteiger partial charge in [0, 0.05) is 11.0 Å². The molecule has 0 aliphatic carbocycles. The summed E-state index contributed by atoms with van der Waals surface area (Å²) in [6, 6.07) is 13.5. The lowest BCUT2D eigenvalue weighted by atomic mass is 10.1. The molecule has 0 unspecified atom stereocenters. The Balaban J connectivity index is 2.06. The zero-order valence-electron chi connectivity index (χ0n) is 14.6. The molecule has 0 spiro atoms. The number of nitrogens with zero attached hydrogens (tertiary/aromatic N) is 1. The number of hydrogen-bond donors (Lipinski definition) is 2. The molecule has 7 heteroatoms. The minimum Gasteiger partial charge on any atom is -0.503 e. The van der Waals surface area contributed by atoms with Crippen LogP contribution in [0.5, 0.6) is 11.5 Å². The van der Waals surface area contributed by atoms with Gasteiger partial charge in [-0.15, -0.1) is 0 Å². The lowest BCUT2D eigenvalue weighted by Gasteiger charge is -2.10. The normalized spacial score (nSPS) is 11.0. The average molecular weight is 494 g/mol. The highest BCUT2D eigenvalue weighted by Gasteiger charge is 2.16. The van der Waals surface area contributed by atoms with Crippen molar-refractivity contribution in [1.82, 2.24) is 5.32 Å². The Morgan fingerprint density at radius 1 is 1.30 bits per heavy atom. The van der Waals surface area contributed by atoms with E-state index in [1.165, 1.54) is 18.7 Å². The number of methoxy groups -OCH3 is 1. The number of halogens is 2. The van der Waals surface area contributed by atoms with Gasteiger partial charge in [0.15, 0.2) is 11.5 Å². The molecule has 2 rings (SSSR count). The monoisotopic (exact) mass is 492 g/mol. The van der Waals surface area contributed by atoms with Crippen LogP contribution in [0.15, 0.2) is 50.9 Å². The SMILES string of the molecule is COc1cc(/C=C(/C#N)C(=O)NCCCc2ccccc2)c(Br)c(Br)c1O. The highest BCUT2D eigenvalue weighted by atomic mass is 79.9. The van der Waals surface area contributed by atoms with Gasteiger partial charge in [-0.25, -0.2) is 0 Å². The number of aryl methyl sites for hydroxylation is 1. The molecule has 0 aromatic heterocycles. The molecular formula is C20H18Br2N2O3. The number of phenols is 1. The molecule has 0 fully saturated rings. The van der Waals surface area contributed by atoms with Gasteiger partial charge in [0.25, 0.3) is 5.91 Å². The molecule has 0 bridgehead atoms. The Hall–Kier alpha value is -2.30. The van der Waals surface area contributed by atoms with Crippen molar-refractivity contribution in [3.8, 4) is 17.6 Å². The second-order valence-corrected chi connectivity index (χ2v) is 7.25. The summed E-state index contributed by atoms with van der Waals surface area (Å²) in [7, 11) is 1.42. The highest BCUT2D eigenvalue weighted by molar-refractivity contribution is 9.13. The first-order chi connectivity index (χ1) is 13.0. The predicted octanol–water partition coefficient (Wildman–Crippen LogP) is 4.58. The van der Waals surface area contributed by atoms with Gasteiger partial charge in [0.2, 0.25) is 0 Å². The molecule has 0 aliphatic rings. The summed E-state index contributed by atoms with van der Waals surface area (Å²) in [5, 5.41) is 22.1. The first kappa shape index (κ1) is 21.0. The number of carbonyl (C=O) groups is 1. The van der Waals surface area contributed by atoms with Crippen LogP contribution in [0, 0.1) is 11.3 Å². The summed E-state index contributed by atoms with van der Waals surface area (Å²) in [5.41, 5.74) is 1.70. The van der Waals surface area contributed by atoms with E-state index in [4.69, 9.17) is 4.74 Å². The Morgan fingerprint density at radius 3 is 2.63 bits per heavy atom. The minimum absolute atomic E-state index is 0.0324. The maximum atomic E-state index is 12.3. The Bertz CT molecular complexity index is 890. The fraction of sp³-hybridized carbons (Fsp3) is 0.200. The number of phenolic OH excluding ortho intramolecular Hbond substituents is 1. The second-order valence-electron chi connectivity index (χ2n) is 5.66. The molecule has 2 N–H and O–H groups in total. The standard InChI is InChI=1S/C20H18Br2N2O3/c1-27-16-11-14(17(21)18(22)19(16)25)10-15(12-23)20(26)24-9-5-8-13-6-3-2-4-7-13/h2-4,6-7,10-11,25H,5,8-9H2,1H3,(H,24,26)/b15-10-. The molecule has 0 saturated heterocycles. The first-order valence-electron chi connectivity index (χ1n) is 8.16. The van der Waals surface area contributed by atoms with E-state index in [0.29, 0.717) is 21.1 Å². The Kier molecular flexibility index (Phi) is 7.89. The van der Waals surface area contributed by atoms with E-state index in [0.717, 1.165) is 12.8 Å². The Labute approximate surface area is 174 Å². The third kappa shape index (κ3) is 5.59. The summed E-state index contributed by atoms with van der Waals surface area (Å²) < 4.78 is 6.01. The number of rotatable bonds is 7. The van der Waals surface area contributed by atoms with Gasteiger partial charge < -0.3 is 15.2 Å². The van der Waals surface area contributed by atoms with Crippen molar-refractivity contribution in [2.24, 2.45) is 0 Å². The molecule has 27 heavy (non-hydrogen) atoms. The van der Waals surface area contributed by atoms with Crippen molar-refractivity contribution >= 4 is 43.8 Å². The molecule has 0 heterocycles. The second kappa shape index (κ2) is 10.1. The number of ether oxygens (including phenoxy) is 1. The van der Waals surface area contributed by atoms with Gasteiger partial charge in [0.1, 0.15) is 11.6 Å². The van der Waals surface area contributed by atoms with Gasteiger partial charge in [0.05, 0.1) is 11.6 Å². The molecule has 1 amide bonds. The molecule has 0 aliphatic heterocycles. The van der Waals surface area contributed by atoms with E-state index in [2.05, 4.69) is 37.2 Å². The van der Waals surface area contributed by atoms with Crippen molar-refractivity contribution in [2.75, 3.05) is 13.7 Å². The molecular weight excluding hydrogens is 476 g/mol. The molecule has 0 saturated carbocycles. The van der Waals surface area contributed by atoms with Crippen LogP contribution in [0.4, 0.5) is 0 Å². The van der Waals surface area contributed by atoms with E-state index >= 15 is 0 Å². The third-order valence-electron chi connectivity index (χ3n) is 3.83. The zero-order valence-corrected chi connectivity index (χ0v) is 17.8. The van der Waals surface area contributed by atoms with Crippen molar-refractivity contribution in [1.29, 1.82) is 5.26 Å². The minimum atomic E-state index is -0.444. The fourth-order valence-corrected chi connectivity index (χ4v) is 3.25. The summed E-state index contributed by atoms with van der Waals surface area (Å²) in [5.74, 6) is -0.275. The molecule has 0 radical (unpaired) electrons. The van der Waals surface area contributed by atoms with Gasteiger partial charge >= 0.3 is 0 Å². The Morgan fingerprint density at radius 2 is 2.00 bits per heavy atom. The third-order valence-corrected chi connectivity index (χ3v) is 5.99. The van der Waals surface area contributed by atoms with Crippen LogP contribution in [0.2, 0.25) is 0 Å². The number of carbonyl (C=O) groups excluding carboxylic acids is 1. The zero-order chi connectivity index (χ0) is 19.8. The van der Waals surface area contributed by atoms with Crippen LogP contribution in [0.3, 0.4) is 0 Å². The molecule has 2 aromatic rings. The van der Waals surface area contributed by atoms with Crippen LogP contribution in [0.25, 0.3) is 6.08 Å². The van der Waals surface area contributed by atoms with Gasteiger partial charge in [-0.2, -0.15) is 5.26 Å². The molecule has 140 valence electrons. The molecule has 0 atom stereocenters. The van der Waals surface area contributed by atoms with Gasteiger partial charge in [-0.3, -0.25) is 4.79 Å². The number of aromatic hydroxyl groups is 1. The van der Waals surface area contributed by atoms with Crippen LogP contribution in [-0.2, 0) is 11.2 Å². The molecule has 2 aromatic carbocycles. The number of hydrogen-bond acceptors (Lipinski definition) is 4. The average Bonchev–Trinajstić information content (AvgIpc) is 2.69. The van der Waals surface area contributed by atoms with Crippen LogP contribution in [-0.4, -0.2) is 24.7 Å². The number of nitrogens with one attached hydrogen (secondary N) is 1. The summed E-state index contributed by atoms with van der Waals surface area (Å²) in [6.07, 6.45) is 3.07. The topological polar surface area (TPSA) is 82.3 Å². The van der Waals surface area contributed by atoms with Crippen LogP contribution < -0.4 is 10.1 Å². The maximum absolute atomic E-state index is 12.3. The number of benzene rings is 2. The van der Waals surface area contributed by atoms with Crippen molar-refractivity contribution in [2.45, 2.75) is 12.8 Å². The number of nitriles is 1. The largest absolute Gasteiger partial charge is 0.503 e. The van der Waals surface area contributed by atoms with E-state index in [-0.39, 0.29) is 17.1 Å². The number of amides is 1. The van der Waals surface area contributed by atoms with Gasteiger partial charge in [-0.05, 0) is 68.0 Å². The summed E-state index contributed by atoms with van der Waals surface area (Å²) in [4.78, 5) is 12.3. The lowest BCUT2D eigenvalue weighted by molar-refractivity contribution is -0.117. The van der Waals surface area contributed by atoms with Crippen molar-refractivity contribution < 1.29 is 14.6 Å². The molecule has 5 nitrogen and oxygen atoms in total. The summed E-state index contributed by atoms with van der Waals surface area (Å²) in [6.45, 7) is 0.469.